The van der Waals surface area contributed by atoms with Crippen LogP contribution in [0.3, 0.4) is 0 Å². The number of amides is 1. The zero-order chi connectivity index (χ0) is 24.7. The highest BCUT2D eigenvalue weighted by Gasteiger charge is 2.11. The van der Waals surface area contributed by atoms with Crippen molar-refractivity contribution in [1.82, 2.24) is 15.5 Å². The molecule has 1 aromatic carbocycles. The quantitative estimate of drug-likeness (QED) is 0.258. The van der Waals surface area contributed by atoms with Gasteiger partial charge >= 0.3 is 0 Å². The molecule has 190 valence electrons. The van der Waals surface area contributed by atoms with Gasteiger partial charge < -0.3 is 25.4 Å². The van der Waals surface area contributed by atoms with E-state index in [1.54, 1.807) is 24.6 Å². The Morgan fingerprint density at radius 2 is 1.97 bits per heavy atom. The number of nitrogens with one attached hydrogen (secondary N) is 3. The van der Waals surface area contributed by atoms with Crippen molar-refractivity contribution in [2.45, 2.75) is 45.1 Å². The molecule has 1 aliphatic heterocycles. The number of hydrogen-bond acceptors (Lipinski definition) is 6. The number of hydrogen-bond donors (Lipinski definition) is 3. The molecule has 3 N–H and O–H groups in total. The molecule has 0 unspecified atom stereocenters. The number of likely N-dealkylation sites (tertiary alicyclic amines) is 1. The number of rotatable bonds is 13. The molecule has 1 amide bonds. The van der Waals surface area contributed by atoms with Gasteiger partial charge in [0.25, 0.3) is 0 Å². The van der Waals surface area contributed by atoms with Gasteiger partial charge in [-0.15, -0.1) is 11.3 Å². The van der Waals surface area contributed by atoms with Crippen LogP contribution < -0.4 is 25.4 Å². The molecule has 1 saturated heterocycles. The second-order valence-electron chi connectivity index (χ2n) is 8.41. The lowest BCUT2D eigenvalue weighted by Gasteiger charge is -2.25. The number of benzene rings is 1. The molecule has 9 heteroatoms. The first-order valence-electron chi connectivity index (χ1n) is 12.2. The first-order valence-corrected chi connectivity index (χ1v) is 13.5. The monoisotopic (exact) mass is 516 g/mol. The number of thiocarbonyl (C=S) groups is 1. The summed E-state index contributed by atoms with van der Waals surface area (Å²) in [6, 6.07) is 9.67. The number of ether oxygens (including phenoxy) is 2. The maximum absolute atomic E-state index is 12.0. The van der Waals surface area contributed by atoms with E-state index in [1.165, 1.54) is 37.2 Å². The molecule has 35 heavy (non-hydrogen) atoms. The van der Waals surface area contributed by atoms with Gasteiger partial charge in [0, 0.05) is 41.9 Å². The molecular formula is C26H36N4O3S2. The van der Waals surface area contributed by atoms with Gasteiger partial charge in [0.1, 0.15) is 11.5 Å². The average Bonchev–Trinajstić information content (AvgIpc) is 3.32. The fourth-order valence-corrected chi connectivity index (χ4v) is 4.77. The van der Waals surface area contributed by atoms with E-state index in [0.717, 1.165) is 30.2 Å². The highest BCUT2D eigenvalue weighted by atomic mass is 32.1. The van der Waals surface area contributed by atoms with Crippen LogP contribution in [0.2, 0.25) is 0 Å². The summed E-state index contributed by atoms with van der Waals surface area (Å²) in [6.07, 6.45) is 9.45. The van der Waals surface area contributed by atoms with Gasteiger partial charge in [0.05, 0.1) is 13.7 Å². The van der Waals surface area contributed by atoms with Crippen LogP contribution in [0, 0.1) is 0 Å². The summed E-state index contributed by atoms with van der Waals surface area (Å²) in [5, 5.41) is 11.6. The summed E-state index contributed by atoms with van der Waals surface area (Å²) >= 11 is 7.05. The molecular weight excluding hydrogens is 480 g/mol. The number of thiophene rings is 1. The number of carbonyl (C=O) groups excluding carboxylic acids is 1. The van der Waals surface area contributed by atoms with Gasteiger partial charge in [-0.3, -0.25) is 9.69 Å². The number of piperidine rings is 1. The minimum absolute atomic E-state index is 0.0156. The molecule has 0 saturated carbocycles. The van der Waals surface area contributed by atoms with Crippen molar-refractivity contribution >= 4 is 40.3 Å². The number of anilines is 1. The van der Waals surface area contributed by atoms with Crippen LogP contribution in [0.15, 0.2) is 48.0 Å². The lowest BCUT2D eigenvalue weighted by molar-refractivity contribution is -0.120. The predicted molar refractivity (Wildman–Crippen MR) is 147 cm³/mol. The third-order valence-corrected chi connectivity index (χ3v) is 6.73. The summed E-state index contributed by atoms with van der Waals surface area (Å²) < 4.78 is 11.0. The highest BCUT2D eigenvalue weighted by Crippen LogP contribution is 2.24. The van der Waals surface area contributed by atoms with E-state index in [1.807, 2.05) is 30.3 Å². The van der Waals surface area contributed by atoms with E-state index in [-0.39, 0.29) is 5.91 Å². The Hall–Kier alpha value is -2.62. The van der Waals surface area contributed by atoms with Gasteiger partial charge in [-0.1, -0.05) is 12.5 Å². The molecule has 0 spiro atoms. The van der Waals surface area contributed by atoms with Crippen molar-refractivity contribution in [2.24, 2.45) is 0 Å². The minimum atomic E-state index is -0.0156. The van der Waals surface area contributed by atoms with Gasteiger partial charge in [-0.2, -0.15) is 0 Å². The Balaban J connectivity index is 1.19. The van der Waals surface area contributed by atoms with Crippen LogP contribution in [0.4, 0.5) is 5.69 Å². The second kappa shape index (κ2) is 15.4. The van der Waals surface area contributed by atoms with E-state index in [0.29, 0.717) is 31.1 Å². The van der Waals surface area contributed by atoms with E-state index in [9.17, 15) is 4.79 Å². The minimum Gasteiger partial charge on any atom is -0.497 e. The lowest BCUT2D eigenvalue weighted by Crippen LogP contribution is -2.30. The number of nitrogens with zero attached hydrogens (tertiary/aromatic N) is 1. The zero-order valence-corrected chi connectivity index (χ0v) is 22.0. The highest BCUT2D eigenvalue weighted by molar-refractivity contribution is 7.80. The van der Waals surface area contributed by atoms with Crippen molar-refractivity contribution in [2.75, 3.05) is 38.7 Å². The number of methoxy groups -OCH3 is 1. The molecule has 1 aliphatic rings. The number of carbonyl (C=O) groups is 1. The Morgan fingerprint density at radius 1 is 1.17 bits per heavy atom. The van der Waals surface area contributed by atoms with Crippen molar-refractivity contribution in [1.29, 1.82) is 0 Å². The lowest BCUT2D eigenvalue weighted by atomic mass is 10.1. The first-order chi connectivity index (χ1) is 17.1. The summed E-state index contributed by atoms with van der Waals surface area (Å²) in [5.74, 6) is 1.71. The van der Waals surface area contributed by atoms with Crippen molar-refractivity contribution < 1.29 is 14.3 Å². The third-order valence-electron chi connectivity index (χ3n) is 5.59. The Labute approximate surface area is 217 Å². The van der Waals surface area contributed by atoms with Crippen LogP contribution >= 0.6 is 23.6 Å². The summed E-state index contributed by atoms with van der Waals surface area (Å²) in [6.45, 7) is 4.65. The van der Waals surface area contributed by atoms with Gasteiger partial charge in [-0.25, -0.2) is 0 Å². The van der Waals surface area contributed by atoms with Gasteiger partial charge in [0.2, 0.25) is 5.91 Å². The smallest absolute Gasteiger partial charge is 0.223 e. The largest absolute Gasteiger partial charge is 0.497 e. The fraction of sp³-hybridized carbons (Fsp3) is 0.462. The Bertz CT molecular complexity index is 940. The zero-order valence-electron chi connectivity index (χ0n) is 20.4. The topological polar surface area (TPSA) is 74.9 Å². The van der Waals surface area contributed by atoms with Gasteiger partial charge in [-0.05, 0) is 81.1 Å². The Morgan fingerprint density at radius 3 is 2.74 bits per heavy atom. The van der Waals surface area contributed by atoms with Crippen LogP contribution in [-0.4, -0.2) is 49.3 Å². The molecule has 1 aromatic heterocycles. The molecule has 2 aromatic rings. The van der Waals surface area contributed by atoms with Gasteiger partial charge in [0.15, 0.2) is 5.11 Å². The van der Waals surface area contributed by atoms with Crippen LogP contribution in [0.5, 0.6) is 11.5 Å². The SMILES string of the molecule is COc1ccc(NC(=S)NCCCC(=O)N/C=C\CCOc2csc(CN3CCCCC3)c2)cc1. The first kappa shape index (κ1) is 27.0. The van der Waals surface area contributed by atoms with Crippen LogP contribution in [-0.2, 0) is 11.3 Å². The van der Waals surface area contributed by atoms with E-state index in [4.69, 9.17) is 21.7 Å². The molecule has 3 rings (SSSR count). The molecule has 2 heterocycles. The third kappa shape index (κ3) is 10.7. The molecule has 0 radical (unpaired) electrons. The van der Waals surface area contributed by atoms with Crippen molar-refractivity contribution in [3.63, 3.8) is 0 Å². The Kier molecular flexibility index (Phi) is 11.9. The second-order valence-corrected chi connectivity index (χ2v) is 9.81. The molecule has 0 atom stereocenters. The van der Waals surface area contributed by atoms with Crippen LogP contribution in [0.25, 0.3) is 0 Å². The summed E-state index contributed by atoms with van der Waals surface area (Å²) in [4.78, 5) is 15.9. The van der Waals surface area contributed by atoms with Crippen molar-refractivity contribution in [3.8, 4) is 11.5 Å². The summed E-state index contributed by atoms with van der Waals surface area (Å²) in [5.41, 5.74) is 0.882. The molecule has 1 fully saturated rings. The summed E-state index contributed by atoms with van der Waals surface area (Å²) in [7, 11) is 1.63. The average molecular weight is 517 g/mol. The van der Waals surface area contributed by atoms with E-state index < -0.39 is 0 Å². The maximum atomic E-state index is 12.0. The fourth-order valence-electron chi connectivity index (χ4n) is 3.71. The maximum Gasteiger partial charge on any atom is 0.223 e. The molecule has 0 aliphatic carbocycles. The predicted octanol–water partition coefficient (Wildman–Crippen LogP) is 4.91. The van der Waals surface area contributed by atoms with Crippen molar-refractivity contribution in [3.05, 3.63) is 52.9 Å². The molecule has 7 nitrogen and oxygen atoms in total. The van der Waals surface area contributed by atoms with E-state index >= 15 is 0 Å². The van der Waals surface area contributed by atoms with Crippen LogP contribution in [0.1, 0.15) is 43.4 Å². The van der Waals surface area contributed by atoms with E-state index in [2.05, 4.69) is 32.3 Å². The molecule has 0 bridgehead atoms. The standard InChI is InChI=1S/C26H36N4O3S2/c1-32-22-11-9-21(10-12-22)29-26(34)28-14-7-8-25(31)27-13-3-6-17-33-23-18-24(35-20-23)19-30-15-4-2-5-16-30/h3,9-13,18,20H,2,4-8,14-17,19H2,1H3,(H,27,31)(H2,28,29,34)/b13-3-. The normalized spacial score (nSPS) is 14.0.